The predicted molar refractivity (Wildman–Crippen MR) is 81.3 cm³/mol. The van der Waals surface area contributed by atoms with E-state index in [1.165, 1.54) is 12.8 Å². The molecule has 0 spiro atoms. The molecule has 2 fully saturated rings. The van der Waals surface area contributed by atoms with Crippen molar-refractivity contribution in [3.8, 4) is 0 Å². The molecule has 3 heterocycles. The van der Waals surface area contributed by atoms with Crippen LogP contribution in [-0.4, -0.2) is 54.8 Å². The zero-order valence-electron chi connectivity index (χ0n) is 12.5. The van der Waals surface area contributed by atoms with Crippen LogP contribution in [0, 0.1) is 5.92 Å². The van der Waals surface area contributed by atoms with Gasteiger partial charge in [-0.2, -0.15) is 15.0 Å². The zero-order valence-corrected chi connectivity index (χ0v) is 12.5. The van der Waals surface area contributed by atoms with Crippen molar-refractivity contribution in [2.75, 3.05) is 55.1 Å². The minimum Gasteiger partial charge on any atom is -0.384 e. The monoisotopic (exact) mass is 293 g/mol. The molecule has 8 nitrogen and oxygen atoms in total. The van der Waals surface area contributed by atoms with E-state index in [1.54, 1.807) is 7.11 Å². The lowest BCUT2D eigenvalue weighted by Gasteiger charge is -2.20. The molecule has 0 aliphatic carbocycles. The van der Waals surface area contributed by atoms with Gasteiger partial charge in [0.05, 0.1) is 6.61 Å². The van der Waals surface area contributed by atoms with Crippen LogP contribution in [0.25, 0.3) is 0 Å². The number of ether oxygens (including phenoxy) is 1. The number of anilines is 3. The molecule has 0 aromatic carbocycles. The number of nitrogens with two attached hydrogens (primary N) is 1. The fourth-order valence-electron chi connectivity index (χ4n) is 3.00. The number of hydrazine groups is 1. The topological polar surface area (TPSA) is 92.4 Å². The zero-order chi connectivity index (χ0) is 14.7. The average molecular weight is 293 g/mol. The average Bonchev–Trinajstić information content (AvgIpc) is 3.18. The van der Waals surface area contributed by atoms with Crippen molar-refractivity contribution in [3.05, 3.63) is 0 Å². The molecule has 116 valence electrons. The van der Waals surface area contributed by atoms with Crippen LogP contribution >= 0.6 is 0 Å². The first kappa shape index (κ1) is 14.3. The van der Waals surface area contributed by atoms with Gasteiger partial charge in [-0.25, -0.2) is 5.84 Å². The van der Waals surface area contributed by atoms with Gasteiger partial charge in [0.2, 0.25) is 17.8 Å². The molecule has 0 bridgehead atoms. The number of nitrogens with one attached hydrogen (secondary N) is 1. The second kappa shape index (κ2) is 6.40. The van der Waals surface area contributed by atoms with Crippen molar-refractivity contribution >= 4 is 17.8 Å². The first-order valence-electron chi connectivity index (χ1n) is 7.51. The quantitative estimate of drug-likeness (QED) is 0.589. The number of methoxy groups -OCH3 is 1. The smallest absolute Gasteiger partial charge is 0.243 e. The van der Waals surface area contributed by atoms with Crippen molar-refractivity contribution < 1.29 is 4.74 Å². The SMILES string of the molecule is COCC1CCN(c2nc(NN)nc(N3CCCC3)n2)C1. The molecule has 2 saturated heterocycles. The van der Waals surface area contributed by atoms with Gasteiger partial charge in [-0.05, 0) is 19.3 Å². The summed E-state index contributed by atoms with van der Waals surface area (Å²) in [4.78, 5) is 17.8. The van der Waals surface area contributed by atoms with Gasteiger partial charge in [-0.3, -0.25) is 5.43 Å². The van der Waals surface area contributed by atoms with E-state index >= 15 is 0 Å². The highest BCUT2D eigenvalue weighted by Crippen LogP contribution is 2.24. The lowest BCUT2D eigenvalue weighted by atomic mass is 10.1. The summed E-state index contributed by atoms with van der Waals surface area (Å²) in [6.45, 7) is 4.64. The van der Waals surface area contributed by atoms with Gasteiger partial charge >= 0.3 is 0 Å². The summed E-state index contributed by atoms with van der Waals surface area (Å²) >= 11 is 0. The fourth-order valence-corrected chi connectivity index (χ4v) is 3.00. The van der Waals surface area contributed by atoms with E-state index in [-0.39, 0.29) is 0 Å². The van der Waals surface area contributed by atoms with Crippen LogP contribution in [0.3, 0.4) is 0 Å². The maximum Gasteiger partial charge on any atom is 0.243 e. The maximum absolute atomic E-state index is 5.50. The number of nitrogens with zero attached hydrogens (tertiary/aromatic N) is 5. The van der Waals surface area contributed by atoms with Gasteiger partial charge in [-0.15, -0.1) is 0 Å². The molecule has 3 rings (SSSR count). The van der Waals surface area contributed by atoms with E-state index in [2.05, 4.69) is 30.2 Å². The van der Waals surface area contributed by atoms with Crippen LogP contribution in [0.1, 0.15) is 19.3 Å². The van der Waals surface area contributed by atoms with E-state index in [0.29, 0.717) is 17.8 Å². The minimum absolute atomic E-state index is 0.428. The van der Waals surface area contributed by atoms with Gasteiger partial charge in [0.1, 0.15) is 0 Å². The molecule has 1 unspecified atom stereocenters. The summed E-state index contributed by atoms with van der Waals surface area (Å²) in [5.74, 6) is 7.90. The Balaban J connectivity index is 1.79. The summed E-state index contributed by atoms with van der Waals surface area (Å²) in [6.07, 6.45) is 3.47. The fraction of sp³-hybridized carbons (Fsp3) is 0.769. The van der Waals surface area contributed by atoms with Crippen molar-refractivity contribution in [1.82, 2.24) is 15.0 Å². The standard InChI is InChI=1S/C13H23N7O/c1-21-9-10-4-7-20(8-10)13-16-11(18-14)15-12(17-13)19-5-2-3-6-19/h10H,2-9,14H2,1H3,(H,15,16,17,18). The Morgan fingerprint density at radius 2 is 1.86 bits per heavy atom. The second-order valence-electron chi connectivity index (χ2n) is 5.65. The third kappa shape index (κ3) is 3.16. The van der Waals surface area contributed by atoms with E-state index < -0.39 is 0 Å². The molecular formula is C13H23N7O. The molecule has 1 atom stereocenters. The Morgan fingerprint density at radius 1 is 1.14 bits per heavy atom. The summed E-state index contributed by atoms with van der Waals surface area (Å²) in [6, 6.07) is 0. The van der Waals surface area contributed by atoms with Gasteiger partial charge in [-0.1, -0.05) is 0 Å². The number of rotatable bonds is 5. The Bertz CT molecular complexity index is 478. The van der Waals surface area contributed by atoms with Crippen LogP contribution in [0.2, 0.25) is 0 Å². The van der Waals surface area contributed by atoms with Gasteiger partial charge < -0.3 is 14.5 Å². The van der Waals surface area contributed by atoms with Crippen molar-refractivity contribution in [1.29, 1.82) is 0 Å². The van der Waals surface area contributed by atoms with Crippen LogP contribution in [0.15, 0.2) is 0 Å². The largest absolute Gasteiger partial charge is 0.384 e. The van der Waals surface area contributed by atoms with Gasteiger partial charge in [0.15, 0.2) is 0 Å². The second-order valence-corrected chi connectivity index (χ2v) is 5.65. The van der Waals surface area contributed by atoms with E-state index in [4.69, 9.17) is 10.6 Å². The molecule has 21 heavy (non-hydrogen) atoms. The molecule has 1 aromatic rings. The number of hydrogen-bond acceptors (Lipinski definition) is 8. The van der Waals surface area contributed by atoms with Crippen molar-refractivity contribution in [3.63, 3.8) is 0 Å². The molecule has 1 aromatic heterocycles. The Morgan fingerprint density at radius 3 is 2.52 bits per heavy atom. The van der Waals surface area contributed by atoms with Crippen molar-refractivity contribution in [2.24, 2.45) is 11.8 Å². The Kier molecular flexibility index (Phi) is 4.35. The molecule has 0 saturated carbocycles. The number of aromatic nitrogens is 3. The highest BCUT2D eigenvalue weighted by atomic mass is 16.5. The first-order valence-corrected chi connectivity index (χ1v) is 7.51. The number of nitrogen functional groups attached to an aromatic ring is 1. The third-order valence-electron chi connectivity index (χ3n) is 4.10. The summed E-state index contributed by atoms with van der Waals surface area (Å²) in [5.41, 5.74) is 2.55. The van der Waals surface area contributed by atoms with Crippen LogP contribution < -0.4 is 21.1 Å². The normalized spacial score (nSPS) is 22.1. The highest BCUT2D eigenvalue weighted by Gasteiger charge is 2.26. The van der Waals surface area contributed by atoms with Crippen LogP contribution in [-0.2, 0) is 4.74 Å². The van der Waals surface area contributed by atoms with E-state index in [9.17, 15) is 0 Å². The molecule has 0 amide bonds. The van der Waals surface area contributed by atoms with Crippen LogP contribution in [0.4, 0.5) is 17.8 Å². The van der Waals surface area contributed by atoms with E-state index in [0.717, 1.165) is 45.2 Å². The lowest BCUT2D eigenvalue weighted by Crippen LogP contribution is -2.27. The molecule has 3 N–H and O–H groups in total. The molecule has 2 aliphatic heterocycles. The van der Waals surface area contributed by atoms with Gasteiger partial charge in [0, 0.05) is 39.2 Å². The molecular weight excluding hydrogens is 270 g/mol. The highest BCUT2D eigenvalue weighted by molar-refractivity contribution is 5.45. The molecule has 8 heteroatoms. The maximum atomic E-state index is 5.50. The Hall–Kier alpha value is -1.67. The third-order valence-corrected chi connectivity index (χ3v) is 4.10. The predicted octanol–water partition coefficient (Wildman–Crippen LogP) is 0.230. The summed E-state index contributed by atoms with van der Waals surface area (Å²) in [7, 11) is 1.74. The van der Waals surface area contributed by atoms with E-state index in [1.807, 2.05) is 0 Å². The van der Waals surface area contributed by atoms with Gasteiger partial charge in [0.25, 0.3) is 0 Å². The molecule has 2 aliphatic rings. The Labute approximate surface area is 124 Å². The first-order chi connectivity index (χ1) is 10.3. The summed E-state index contributed by atoms with van der Waals surface area (Å²) in [5, 5.41) is 0. The van der Waals surface area contributed by atoms with Crippen LogP contribution in [0.5, 0.6) is 0 Å². The molecule has 0 radical (unpaired) electrons. The lowest BCUT2D eigenvalue weighted by molar-refractivity contribution is 0.161. The number of hydrogen-bond donors (Lipinski definition) is 2. The minimum atomic E-state index is 0.428. The van der Waals surface area contributed by atoms with Crippen molar-refractivity contribution in [2.45, 2.75) is 19.3 Å². The summed E-state index contributed by atoms with van der Waals surface area (Å²) < 4.78 is 5.24.